The molecule has 0 bridgehead atoms. The van der Waals surface area contributed by atoms with E-state index in [1.165, 1.54) is 5.56 Å². The molecule has 0 saturated carbocycles. The maximum Gasteiger partial charge on any atom is 0.320 e. The average Bonchev–Trinajstić information content (AvgIpc) is 3.41. The molecule has 30 heavy (non-hydrogen) atoms. The Bertz CT molecular complexity index is 975. The number of carbonyl (C=O) groups is 1. The summed E-state index contributed by atoms with van der Waals surface area (Å²) in [5.41, 5.74) is 2.39. The van der Waals surface area contributed by atoms with Crippen molar-refractivity contribution in [3.05, 3.63) is 53.7 Å². The predicted octanol–water partition coefficient (Wildman–Crippen LogP) is 3.08. The number of likely N-dealkylation sites (tertiary alicyclic amines) is 1. The molecule has 2 amide bonds. The molecule has 0 atom stereocenters. The van der Waals surface area contributed by atoms with E-state index in [4.69, 9.17) is 9.51 Å². The highest BCUT2D eigenvalue weighted by atomic mass is 16.5. The second-order valence-corrected chi connectivity index (χ2v) is 7.51. The Balaban J connectivity index is 1.31. The summed E-state index contributed by atoms with van der Waals surface area (Å²) in [5, 5.41) is 13.5. The summed E-state index contributed by atoms with van der Waals surface area (Å²) < 4.78 is 7.16. The Kier molecular flexibility index (Phi) is 6.08. The van der Waals surface area contributed by atoms with Gasteiger partial charge in [-0.25, -0.2) is 14.5 Å². The Morgan fingerprint density at radius 3 is 2.83 bits per heavy atom. The van der Waals surface area contributed by atoms with Crippen molar-refractivity contribution >= 4 is 11.8 Å². The van der Waals surface area contributed by atoms with Gasteiger partial charge in [-0.05, 0) is 63.4 Å². The summed E-state index contributed by atoms with van der Waals surface area (Å²) >= 11 is 0. The second-order valence-electron chi connectivity index (χ2n) is 7.51. The predicted molar refractivity (Wildman–Crippen MR) is 113 cm³/mol. The van der Waals surface area contributed by atoms with Crippen LogP contribution in [0.1, 0.15) is 42.7 Å². The van der Waals surface area contributed by atoms with Crippen LogP contribution in [0, 0.1) is 6.92 Å². The number of aryl methyl sites for hydroxylation is 1. The molecule has 3 aromatic heterocycles. The molecular weight excluding hydrogens is 382 g/mol. The minimum absolute atomic E-state index is 0.277. The molecule has 4 rings (SSSR count). The number of piperidine rings is 1. The lowest BCUT2D eigenvalue weighted by Gasteiger charge is -2.32. The molecule has 0 aliphatic carbocycles. The highest BCUT2D eigenvalue weighted by molar-refractivity contribution is 5.88. The highest BCUT2D eigenvalue weighted by Gasteiger charge is 2.23. The average molecular weight is 409 g/mol. The van der Waals surface area contributed by atoms with E-state index in [0.29, 0.717) is 24.8 Å². The zero-order valence-electron chi connectivity index (χ0n) is 17.3. The third kappa shape index (κ3) is 4.68. The lowest BCUT2D eigenvalue weighted by molar-refractivity contribution is 0.184. The zero-order chi connectivity index (χ0) is 20.9. The highest BCUT2D eigenvalue weighted by Crippen LogP contribution is 2.30. The number of anilines is 1. The summed E-state index contributed by atoms with van der Waals surface area (Å²) in [6, 6.07) is 7.63. The molecule has 0 aromatic carbocycles. The third-order valence-electron chi connectivity index (χ3n) is 5.40. The fourth-order valence-electron chi connectivity index (χ4n) is 3.91. The zero-order valence-corrected chi connectivity index (χ0v) is 17.3. The molecule has 9 nitrogen and oxygen atoms in total. The van der Waals surface area contributed by atoms with E-state index in [1.54, 1.807) is 16.9 Å². The number of carbonyl (C=O) groups excluding carboxylic acids is 1. The summed E-state index contributed by atoms with van der Waals surface area (Å²) in [4.78, 5) is 18.7. The number of pyridine rings is 1. The minimum Gasteiger partial charge on any atom is -0.358 e. The molecule has 3 aromatic rings. The van der Waals surface area contributed by atoms with Crippen LogP contribution in [0.25, 0.3) is 5.82 Å². The molecule has 158 valence electrons. The van der Waals surface area contributed by atoms with E-state index in [2.05, 4.69) is 38.8 Å². The van der Waals surface area contributed by atoms with Gasteiger partial charge < -0.3 is 9.84 Å². The molecule has 4 heterocycles. The number of hydrogen-bond donors (Lipinski definition) is 2. The quantitative estimate of drug-likeness (QED) is 0.649. The number of amides is 2. The van der Waals surface area contributed by atoms with Gasteiger partial charge in [0, 0.05) is 30.7 Å². The van der Waals surface area contributed by atoms with Gasteiger partial charge in [0.05, 0.1) is 6.54 Å². The van der Waals surface area contributed by atoms with Gasteiger partial charge in [-0.15, -0.1) is 0 Å². The van der Waals surface area contributed by atoms with Crippen molar-refractivity contribution in [2.45, 2.75) is 39.2 Å². The molecule has 0 spiro atoms. The maximum atomic E-state index is 11.6. The van der Waals surface area contributed by atoms with Gasteiger partial charge >= 0.3 is 6.03 Å². The van der Waals surface area contributed by atoms with Crippen LogP contribution < -0.4 is 10.6 Å². The Morgan fingerprint density at radius 1 is 1.30 bits per heavy atom. The van der Waals surface area contributed by atoms with Crippen molar-refractivity contribution < 1.29 is 9.32 Å². The lowest BCUT2D eigenvalue weighted by atomic mass is 9.88. The summed E-state index contributed by atoms with van der Waals surface area (Å²) in [6.07, 6.45) is 5.80. The molecule has 1 saturated heterocycles. The first-order valence-electron chi connectivity index (χ1n) is 10.3. The first-order valence-corrected chi connectivity index (χ1v) is 10.3. The number of aromatic nitrogens is 4. The normalized spacial score (nSPS) is 15.3. The van der Waals surface area contributed by atoms with E-state index in [9.17, 15) is 4.79 Å². The van der Waals surface area contributed by atoms with Crippen molar-refractivity contribution in [2.24, 2.45) is 0 Å². The van der Waals surface area contributed by atoms with Crippen molar-refractivity contribution in [1.29, 1.82) is 0 Å². The topological polar surface area (TPSA) is 101 Å². The monoisotopic (exact) mass is 409 g/mol. The van der Waals surface area contributed by atoms with Crippen LogP contribution in [0.5, 0.6) is 0 Å². The number of rotatable bonds is 6. The van der Waals surface area contributed by atoms with Gasteiger partial charge in [0.15, 0.2) is 17.4 Å². The lowest BCUT2D eigenvalue weighted by Crippen LogP contribution is -2.32. The summed E-state index contributed by atoms with van der Waals surface area (Å²) in [6.45, 7) is 7.14. The van der Waals surface area contributed by atoms with Crippen LogP contribution >= 0.6 is 0 Å². The van der Waals surface area contributed by atoms with Crippen molar-refractivity contribution in [3.63, 3.8) is 0 Å². The van der Waals surface area contributed by atoms with E-state index < -0.39 is 0 Å². The molecule has 0 unspecified atom stereocenters. The molecule has 1 fully saturated rings. The van der Waals surface area contributed by atoms with Gasteiger partial charge in [0.25, 0.3) is 0 Å². The van der Waals surface area contributed by atoms with E-state index in [-0.39, 0.29) is 6.03 Å². The van der Waals surface area contributed by atoms with Crippen LogP contribution in [0.2, 0.25) is 0 Å². The van der Waals surface area contributed by atoms with E-state index >= 15 is 0 Å². The molecule has 2 N–H and O–H groups in total. The molecule has 9 heteroatoms. The standard InChI is InChI=1S/C21H27N7O2/c1-3-22-21(29)25-19-13-17(30-26-19)14-27-11-7-16(8-12-27)18-5-6-20(24-15(18)2)28-10-4-9-23-28/h4-6,9-10,13,16H,3,7-8,11-12,14H2,1-2H3,(H2,22,25,26,29). The van der Waals surface area contributed by atoms with Crippen molar-refractivity contribution in [1.82, 2.24) is 30.1 Å². The first kappa shape index (κ1) is 20.1. The Labute approximate surface area is 175 Å². The van der Waals surface area contributed by atoms with Crippen molar-refractivity contribution in [2.75, 3.05) is 25.0 Å². The fourth-order valence-corrected chi connectivity index (χ4v) is 3.91. The summed E-state index contributed by atoms with van der Waals surface area (Å²) in [7, 11) is 0. The smallest absolute Gasteiger partial charge is 0.320 e. The number of nitrogens with zero attached hydrogens (tertiary/aromatic N) is 5. The number of nitrogens with one attached hydrogen (secondary N) is 2. The van der Waals surface area contributed by atoms with Gasteiger partial charge in [-0.3, -0.25) is 10.2 Å². The van der Waals surface area contributed by atoms with Crippen LogP contribution in [-0.2, 0) is 6.54 Å². The molecule has 0 radical (unpaired) electrons. The van der Waals surface area contributed by atoms with Crippen LogP contribution in [-0.4, -0.2) is 50.5 Å². The van der Waals surface area contributed by atoms with Gasteiger partial charge in [0.2, 0.25) is 0 Å². The SMILES string of the molecule is CCNC(=O)Nc1cc(CN2CCC(c3ccc(-n4cccn4)nc3C)CC2)on1. The van der Waals surface area contributed by atoms with E-state index in [0.717, 1.165) is 43.2 Å². The Morgan fingerprint density at radius 2 is 2.13 bits per heavy atom. The van der Waals surface area contributed by atoms with Crippen LogP contribution in [0.15, 0.2) is 41.2 Å². The molecular formula is C21H27N7O2. The summed E-state index contributed by atoms with van der Waals surface area (Å²) in [5.74, 6) is 2.54. The van der Waals surface area contributed by atoms with Crippen LogP contribution in [0.4, 0.5) is 10.6 Å². The maximum absolute atomic E-state index is 11.6. The fraction of sp³-hybridized carbons (Fsp3) is 0.429. The van der Waals surface area contributed by atoms with Crippen molar-refractivity contribution in [3.8, 4) is 5.82 Å². The minimum atomic E-state index is -0.277. The van der Waals surface area contributed by atoms with Gasteiger partial charge in [-0.2, -0.15) is 5.10 Å². The third-order valence-corrected chi connectivity index (χ3v) is 5.40. The Hall–Kier alpha value is -3.20. The molecule has 1 aliphatic heterocycles. The van der Waals surface area contributed by atoms with Crippen LogP contribution in [0.3, 0.4) is 0 Å². The van der Waals surface area contributed by atoms with Gasteiger partial charge in [-0.1, -0.05) is 11.2 Å². The first-order chi connectivity index (χ1) is 14.6. The number of urea groups is 1. The van der Waals surface area contributed by atoms with Gasteiger partial charge in [0.1, 0.15) is 0 Å². The number of hydrogen-bond acceptors (Lipinski definition) is 6. The molecule has 1 aliphatic rings. The second kappa shape index (κ2) is 9.08. The largest absolute Gasteiger partial charge is 0.358 e. The van der Waals surface area contributed by atoms with E-state index in [1.807, 2.05) is 25.3 Å².